The van der Waals surface area contributed by atoms with Gasteiger partial charge < -0.3 is 34.2 Å². The van der Waals surface area contributed by atoms with Gasteiger partial charge in [-0.25, -0.2) is 9.50 Å². The zero-order valence-electron chi connectivity index (χ0n) is 22.9. The maximum atomic E-state index is 12.4. The number of carbonyl (C=O) groups excluding carboxylic acids is 3. The summed E-state index contributed by atoms with van der Waals surface area (Å²) in [5.41, 5.74) is 7.08. The first kappa shape index (κ1) is 29.6. The predicted octanol–water partition coefficient (Wildman–Crippen LogP) is 1.07. The molecule has 0 aromatic carbocycles. The standard InChI is InChI=1S/C26H37N5O9/c1-4-20(32)39-23-19(12-36-14-29-15(3)26(34)37-16-8-10-35-11-9-16)38-22(24(23)40-21(33)5-2)17-6-7-18-25(27)28-13-30-31(17)18/h6-7,13,15-16,19,22-24,29H,4-5,8-12,14H2,1-3H3,(H2,27,28,30)/t15-,19+,22-,23+,24-/m0/s1. The van der Waals surface area contributed by atoms with E-state index in [0.717, 1.165) is 0 Å². The van der Waals surface area contributed by atoms with E-state index in [2.05, 4.69) is 15.4 Å². The lowest BCUT2D eigenvalue weighted by molar-refractivity contribution is -0.167. The Balaban J connectivity index is 1.44. The van der Waals surface area contributed by atoms with Crippen LogP contribution in [0.2, 0.25) is 0 Å². The molecule has 2 aliphatic heterocycles. The van der Waals surface area contributed by atoms with Gasteiger partial charge in [0, 0.05) is 25.7 Å². The number of nitrogens with two attached hydrogens (primary N) is 1. The van der Waals surface area contributed by atoms with E-state index >= 15 is 0 Å². The van der Waals surface area contributed by atoms with Crippen molar-refractivity contribution < 1.29 is 42.8 Å². The highest BCUT2D eigenvalue weighted by molar-refractivity contribution is 5.75. The minimum atomic E-state index is -0.966. The number of fused-ring (bicyclic) bond motifs is 1. The van der Waals surface area contributed by atoms with Crippen LogP contribution >= 0.6 is 0 Å². The number of aromatic nitrogens is 3. The molecule has 2 aliphatic rings. The molecule has 2 fully saturated rings. The Morgan fingerprint density at radius 1 is 1.10 bits per heavy atom. The molecule has 14 heteroatoms. The number of ether oxygens (including phenoxy) is 6. The number of nitrogens with zero attached hydrogens (tertiary/aromatic N) is 3. The molecule has 14 nitrogen and oxygen atoms in total. The summed E-state index contributed by atoms with van der Waals surface area (Å²) in [4.78, 5) is 41.2. The van der Waals surface area contributed by atoms with Gasteiger partial charge >= 0.3 is 17.9 Å². The van der Waals surface area contributed by atoms with Crippen molar-refractivity contribution in [1.29, 1.82) is 0 Å². The summed E-state index contributed by atoms with van der Waals surface area (Å²) in [7, 11) is 0. The molecule has 2 aromatic heterocycles. The summed E-state index contributed by atoms with van der Waals surface area (Å²) in [6.45, 7) is 6.14. The second-order valence-electron chi connectivity index (χ2n) is 9.60. The first-order chi connectivity index (χ1) is 19.3. The molecule has 220 valence electrons. The third kappa shape index (κ3) is 7.05. The molecule has 0 spiro atoms. The van der Waals surface area contributed by atoms with Crippen molar-refractivity contribution >= 4 is 29.2 Å². The fraction of sp³-hybridized carbons (Fsp3) is 0.654. The molecule has 2 saturated heterocycles. The third-order valence-electron chi connectivity index (χ3n) is 6.80. The van der Waals surface area contributed by atoms with Gasteiger partial charge in [0.05, 0.1) is 32.2 Å². The van der Waals surface area contributed by atoms with Gasteiger partial charge in [0.1, 0.15) is 36.2 Å². The number of esters is 3. The summed E-state index contributed by atoms with van der Waals surface area (Å²) in [6, 6.07) is 2.87. The number of anilines is 1. The smallest absolute Gasteiger partial charge is 0.323 e. The van der Waals surface area contributed by atoms with E-state index in [1.807, 2.05) is 0 Å². The van der Waals surface area contributed by atoms with Crippen molar-refractivity contribution in [3.8, 4) is 0 Å². The number of nitrogens with one attached hydrogen (secondary N) is 1. The summed E-state index contributed by atoms with van der Waals surface area (Å²) in [5, 5.41) is 7.24. The molecule has 0 unspecified atom stereocenters. The van der Waals surface area contributed by atoms with Gasteiger partial charge in [-0.05, 0) is 19.1 Å². The average molecular weight is 564 g/mol. The zero-order valence-corrected chi connectivity index (χ0v) is 22.9. The monoisotopic (exact) mass is 563 g/mol. The van der Waals surface area contributed by atoms with E-state index in [4.69, 9.17) is 34.2 Å². The number of rotatable bonds is 12. The lowest BCUT2D eigenvalue weighted by atomic mass is 10.1. The molecular weight excluding hydrogens is 526 g/mol. The summed E-state index contributed by atoms with van der Waals surface area (Å²) in [5.74, 6) is -1.07. The lowest BCUT2D eigenvalue weighted by Gasteiger charge is -2.25. The highest BCUT2D eigenvalue weighted by atomic mass is 16.6. The fourth-order valence-corrected chi connectivity index (χ4v) is 4.53. The Morgan fingerprint density at radius 3 is 2.50 bits per heavy atom. The van der Waals surface area contributed by atoms with Crippen LogP contribution in [0.1, 0.15) is 58.3 Å². The Labute approximate surface area is 231 Å². The molecule has 4 heterocycles. The van der Waals surface area contributed by atoms with Crippen LogP contribution in [0.15, 0.2) is 18.5 Å². The van der Waals surface area contributed by atoms with Crippen molar-refractivity contribution in [1.82, 2.24) is 19.9 Å². The molecule has 0 saturated carbocycles. The van der Waals surface area contributed by atoms with Crippen LogP contribution in [0.3, 0.4) is 0 Å². The Bertz CT molecular complexity index is 1170. The van der Waals surface area contributed by atoms with Gasteiger partial charge in [-0.3, -0.25) is 19.7 Å². The van der Waals surface area contributed by atoms with Crippen molar-refractivity contribution in [3.05, 3.63) is 24.2 Å². The van der Waals surface area contributed by atoms with Crippen LogP contribution < -0.4 is 11.1 Å². The van der Waals surface area contributed by atoms with Crippen molar-refractivity contribution in [2.75, 3.05) is 32.3 Å². The Morgan fingerprint density at radius 2 is 1.80 bits per heavy atom. The fourth-order valence-electron chi connectivity index (χ4n) is 4.53. The number of hydrogen-bond donors (Lipinski definition) is 2. The zero-order chi connectivity index (χ0) is 28.6. The maximum absolute atomic E-state index is 12.4. The number of carbonyl (C=O) groups is 3. The summed E-state index contributed by atoms with van der Waals surface area (Å²) in [6.07, 6.45) is -0.799. The molecule has 2 aromatic rings. The number of hydrogen-bond acceptors (Lipinski definition) is 13. The second-order valence-corrected chi connectivity index (χ2v) is 9.60. The molecule has 0 bridgehead atoms. The molecular formula is C26H37N5O9. The summed E-state index contributed by atoms with van der Waals surface area (Å²) < 4.78 is 35.9. The SMILES string of the molecule is CCC(=O)O[C@@H]1[C@H](OC(=O)CC)[C@@H](COCN[C@@H](C)C(=O)OC2CCOCC2)O[C@H]1c1ccc2c(N)ncnn12. The van der Waals surface area contributed by atoms with E-state index in [0.29, 0.717) is 37.3 Å². The summed E-state index contributed by atoms with van der Waals surface area (Å²) >= 11 is 0. The predicted molar refractivity (Wildman–Crippen MR) is 139 cm³/mol. The minimum absolute atomic E-state index is 0.000244. The van der Waals surface area contributed by atoms with Crippen LogP contribution in [0.4, 0.5) is 5.82 Å². The van der Waals surface area contributed by atoms with Crippen molar-refractivity contribution in [2.45, 2.75) is 83.0 Å². The normalized spacial score (nSPS) is 24.1. The van der Waals surface area contributed by atoms with Gasteiger partial charge in [0.2, 0.25) is 0 Å². The molecule has 5 atom stereocenters. The largest absolute Gasteiger partial charge is 0.461 e. The maximum Gasteiger partial charge on any atom is 0.323 e. The highest BCUT2D eigenvalue weighted by Gasteiger charge is 2.51. The van der Waals surface area contributed by atoms with Gasteiger partial charge in [-0.15, -0.1) is 0 Å². The van der Waals surface area contributed by atoms with Gasteiger partial charge in [-0.1, -0.05) is 13.8 Å². The third-order valence-corrected chi connectivity index (χ3v) is 6.80. The van der Waals surface area contributed by atoms with Gasteiger partial charge in [0.15, 0.2) is 18.0 Å². The highest BCUT2D eigenvalue weighted by Crippen LogP contribution is 2.38. The first-order valence-electron chi connectivity index (χ1n) is 13.5. The first-order valence-corrected chi connectivity index (χ1v) is 13.5. The topological polar surface area (TPSA) is 175 Å². The van der Waals surface area contributed by atoms with Crippen LogP contribution in [0.5, 0.6) is 0 Å². The molecule has 4 rings (SSSR count). The molecule has 0 aliphatic carbocycles. The van der Waals surface area contributed by atoms with Crippen LogP contribution in [-0.2, 0) is 42.8 Å². The van der Waals surface area contributed by atoms with Crippen LogP contribution in [0, 0.1) is 0 Å². The molecule has 3 N–H and O–H groups in total. The average Bonchev–Trinajstić information content (AvgIpc) is 3.53. The Hall–Kier alpha value is -3.33. The minimum Gasteiger partial charge on any atom is -0.461 e. The number of nitrogen functional groups attached to an aromatic ring is 1. The van der Waals surface area contributed by atoms with E-state index in [-0.39, 0.29) is 44.1 Å². The van der Waals surface area contributed by atoms with E-state index in [9.17, 15) is 14.4 Å². The van der Waals surface area contributed by atoms with Crippen molar-refractivity contribution in [2.24, 2.45) is 0 Å². The van der Waals surface area contributed by atoms with Crippen molar-refractivity contribution in [3.63, 3.8) is 0 Å². The second kappa shape index (κ2) is 13.8. The van der Waals surface area contributed by atoms with E-state index in [1.165, 1.54) is 6.33 Å². The molecule has 40 heavy (non-hydrogen) atoms. The lowest BCUT2D eigenvalue weighted by Crippen LogP contribution is -2.42. The van der Waals surface area contributed by atoms with Crippen LogP contribution in [-0.4, -0.2) is 89.5 Å². The molecule has 0 amide bonds. The quantitative estimate of drug-likeness (QED) is 0.162. The van der Waals surface area contributed by atoms with E-state index < -0.39 is 42.4 Å². The van der Waals surface area contributed by atoms with E-state index in [1.54, 1.807) is 37.4 Å². The van der Waals surface area contributed by atoms with Crippen LogP contribution in [0.25, 0.3) is 5.52 Å². The Kier molecular flexibility index (Phi) is 10.3. The molecule has 0 radical (unpaired) electrons. The van der Waals surface area contributed by atoms with Gasteiger partial charge in [0.25, 0.3) is 0 Å². The van der Waals surface area contributed by atoms with Gasteiger partial charge in [-0.2, -0.15) is 5.10 Å².